The van der Waals surface area contributed by atoms with Crippen LogP contribution in [0.25, 0.3) is 0 Å². The Kier molecular flexibility index (Phi) is 5.24. The quantitative estimate of drug-likeness (QED) is 0.603. The molecular weight excluding hydrogens is 152 g/mol. The zero-order valence-corrected chi connectivity index (χ0v) is 9.25. The summed E-state index contributed by atoms with van der Waals surface area (Å²) < 4.78 is 0. The molecule has 0 unspecified atom stereocenters. The summed E-state index contributed by atoms with van der Waals surface area (Å²) in [6.45, 7) is 9.30. The Labute approximate surface area is 77.2 Å². The average molecular weight is 174 g/mol. The van der Waals surface area contributed by atoms with Crippen molar-refractivity contribution in [2.75, 3.05) is 5.75 Å². The highest BCUT2D eigenvalue weighted by Crippen LogP contribution is 2.30. The highest BCUT2D eigenvalue weighted by atomic mass is 32.1. The fourth-order valence-corrected chi connectivity index (χ4v) is 1.92. The van der Waals surface area contributed by atoms with E-state index in [1.54, 1.807) is 0 Å². The van der Waals surface area contributed by atoms with Crippen LogP contribution in [0, 0.1) is 11.3 Å². The van der Waals surface area contributed by atoms with Crippen molar-refractivity contribution in [1.82, 2.24) is 0 Å². The molecule has 0 rings (SSSR count). The van der Waals surface area contributed by atoms with Crippen molar-refractivity contribution < 1.29 is 0 Å². The van der Waals surface area contributed by atoms with Crippen LogP contribution in [-0.4, -0.2) is 5.75 Å². The molecule has 0 saturated carbocycles. The lowest BCUT2D eigenvalue weighted by Gasteiger charge is -2.26. The van der Waals surface area contributed by atoms with E-state index in [1.165, 1.54) is 19.3 Å². The predicted molar refractivity (Wildman–Crippen MR) is 56.3 cm³/mol. The third-order valence-corrected chi connectivity index (χ3v) is 2.29. The third-order valence-electron chi connectivity index (χ3n) is 1.97. The van der Waals surface area contributed by atoms with Gasteiger partial charge < -0.3 is 0 Å². The lowest BCUT2D eigenvalue weighted by molar-refractivity contribution is 0.264. The first-order chi connectivity index (χ1) is 4.98. The van der Waals surface area contributed by atoms with Gasteiger partial charge in [0.25, 0.3) is 0 Å². The molecule has 0 nitrogen and oxygen atoms in total. The van der Waals surface area contributed by atoms with E-state index in [0.717, 1.165) is 11.7 Å². The number of hydrogen-bond acceptors (Lipinski definition) is 1. The maximum atomic E-state index is 4.22. The highest BCUT2D eigenvalue weighted by Gasteiger charge is 2.17. The van der Waals surface area contributed by atoms with Gasteiger partial charge in [0.05, 0.1) is 0 Å². The maximum absolute atomic E-state index is 4.22. The Balaban J connectivity index is 3.61. The smallest absolute Gasteiger partial charge is 0.00977 e. The van der Waals surface area contributed by atoms with Crippen LogP contribution >= 0.6 is 12.6 Å². The second-order valence-electron chi connectivity index (χ2n) is 4.59. The molecule has 1 heteroatoms. The molecule has 68 valence electrons. The van der Waals surface area contributed by atoms with Gasteiger partial charge in [-0.3, -0.25) is 0 Å². The fraction of sp³-hybridized carbons (Fsp3) is 1.00. The standard InChI is InChI=1S/C10H22S/c1-9(2)8-10(3,4)6-5-7-11/h9,11H,5-8H2,1-4H3. The molecule has 0 aliphatic carbocycles. The second-order valence-corrected chi connectivity index (χ2v) is 5.04. The lowest BCUT2D eigenvalue weighted by atomic mass is 9.80. The molecule has 0 aromatic carbocycles. The Morgan fingerprint density at radius 1 is 1.27 bits per heavy atom. The van der Waals surface area contributed by atoms with E-state index in [-0.39, 0.29) is 0 Å². The van der Waals surface area contributed by atoms with Crippen molar-refractivity contribution >= 4 is 12.6 Å². The van der Waals surface area contributed by atoms with Gasteiger partial charge in [-0.05, 0) is 36.3 Å². The molecule has 0 heterocycles. The number of hydrogen-bond donors (Lipinski definition) is 1. The zero-order valence-electron chi connectivity index (χ0n) is 8.35. The SMILES string of the molecule is CC(C)CC(C)(C)CCCS. The van der Waals surface area contributed by atoms with Gasteiger partial charge in [-0.25, -0.2) is 0 Å². The minimum atomic E-state index is 0.525. The van der Waals surface area contributed by atoms with Gasteiger partial charge >= 0.3 is 0 Å². The molecule has 0 N–H and O–H groups in total. The second kappa shape index (κ2) is 5.08. The van der Waals surface area contributed by atoms with Crippen molar-refractivity contribution in [3.63, 3.8) is 0 Å². The molecule has 0 spiro atoms. The van der Waals surface area contributed by atoms with Crippen LogP contribution in [0.5, 0.6) is 0 Å². The monoisotopic (exact) mass is 174 g/mol. The van der Waals surface area contributed by atoms with Gasteiger partial charge in [-0.1, -0.05) is 27.7 Å². The van der Waals surface area contributed by atoms with Crippen LogP contribution < -0.4 is 0 Å². The van der Waals surface area contributed by atoms with Crippen LogP contribution in [0.15, 0.2) is 0 Å². The molecule has 0 aromatic heterocycles. The predicted octanol–water partition coefficient (Wildman–Crippen LogP) is 3.77. The first-order valence-corrected chi connectivity index (χ1v) is 5.22. The van der Waals surface area contributed by atoms with Gasteiger partial charge in [-0.2, -0.15) is 12.6 Å². The van der Waals surface area contributed by atoms with Crippen LogP contribution in [0.4, 0.5) is 0 Å². The summed E-state index contributed by atoms with van der Waals surface area (Å²) in [4.78, 5) is 0. The Bertz CT molecular complexity index is 95.0. The van der Waals surface area contributed by atoms with Crippen molar-refractivity contribution in [2.45, 2.75) is 47.0 Å². The molecule has 0 fully saturated rings. The molecular formula is C10H22S. The molecule has 11 heavy (non-hydrogen) atoms. The summed E-state index contributed by atoms with van der Waals surface area (Å²) >= 11 is 4.22. The van der Waals surface area contributed by atoms with Crippen molar-refractivity contribution in [3.05, 3.63) is 0 Å². The van der Waals surface area contributed by atoms with E-state index >= 15 is 0 Å². The summed E-state index contributed by atoms with van der Waals surface area (Å²) in [5.74, 6) is 1.85. The summed E-state index contributed by atoms with van der Waals surface area (Å²) in [7, 11) is 0. The zero-order chi connectivity index (χ0) is 8.91. The molecule has 0 aliphatic heterocycles. The summed E-state index contributed by atoms with van der Waals surface area (Å²) in [6, 6.07) is 0. The Morgan fingerprint density at radius 3 is 2.18 bits per heavy atom. The van der Waals surface area contributed by atoms with Crippen LogP contribution in [0.1, 0.15) is 47.0 Å². The van der Waals surface area contributed by atoms with E-state index in [2.05, 4.69) is 40.3 Å². The van der Waals surface area contributed by atoms with Gasteiger partial charge in [0.15, 0.2) is 0 Å². The van der Waals surface area contributed by atoms with Crippen LogP contribution in [0.3, 0.4) is 0 Å². The molecule has 0 radical (unpaired) electrons. The van der Waals surface area contributed by atoms with Crippen LogP contribution in [-0.2, 0) is 0 Å². The van der Waals surface area contributed by atoms with Gasteiger partial charge in [0.1, 0.15) is 0 Å². The minimum absolute atomic E-state index is 0.525. The molecule has 0 aromatic rings. The van der Waals surface area contributed by atoms with E-state index in [1.807, 2.05) is 0 Å². The van der Waals surface area contributed by atoms with Gasteiger partial charge in [-0.15, -0.1) is 0 Å². The minimum Gasteiger partial charge on any atom is -0.179 e. The van der Waals surface area contributed by atoms with Crippen molar-refractivity contribution in [3.8, 4) is 0 Å². The molecule has 0 amide bonds. The van der Waals surface area contributed by atoms with E-state index in [9.17, 15) is 0 Å². The van der Waals surface area contributed by atoms with Gasteiger partial charge in [0, 0.05) is 0 Å². The fourth-order valence-electron chi connectivity index (χ4n) is 1.76. The molecule has 0 aliphatic rings. The normalized spacial score (nSPS) is 12.5. The third kappa shape index (κ3) is 6.74. The number of thiol groups is 1. The summed E-state index contributed by atoms with van der Waals surface area (Å²) in [6.07, 6.45) is 3.90. The Hall–Kier alpha value is 0.350. The highest BCUT2D eigenvalue weighted by molar-refractivity contribution is 7.80. The average Bonchev–Trinajstić information content (AvgIpc) is 1.81. The van der Waals surface area contributed by atoms with Crippen molar-refractivity contribution in [2.24, 2.45) is 11.3 Å². The molecule has 0 bridgehead atoms. The Morgan fingerprint density at radius 2 is 1.82 bits per heavy atom. The van der Waals surface area contributed by atoms with E-state index in [4.69, 9.17) is 0 Å². The largest absolute Gasteiger partial charge is 0.179 e. The van der Waals surface area contributed by atoms with Crippen molar-refractivity contribution in [1.29, 1.82) is 0 Å². The summed E-state index contributed by atoms with van der Waals surface area (Å²) in [5.41, 5.74) is 0.525. The van der Waals surface area contributed by atoms with Crippen LogP contribution in [0.2, 0.25) is 0 Å². The first-order valence-electron chi connectivity index (χ1n) is 4.59. The maximum Gasteiger partial charge on any atom is -0.00977 e. The lowest BCUT2D eigenvalue weighted by Crippen LogP contribution is -2.14. The van der Waals surface area contributed by atoms with E-state index < -0.39 is 0 Å². The van der Waals surface area contributed by atoms with E-state index in [0.29, 0.717) is 5.41 Å². The summed E-state index contributed by atoms with van der Waals surface area (Å²) in [5, 5.41) is 0. The number of rotatable bonds is 5. The molecule has 0 atom stereocenters. The topological polar surface area (TPSA) is 0 Å². The first kappa shape index (κ1) is 11.4. The molecule has 0 saturated heterocycles. The van der Waals surface area contributed by atoms with Gasteiger partial charge in [0.2, 0.25) is 0 Å².